The molecule has 0 radical (unpaired) electrons. The zero-order chi connectivity index (χ0) is 19.8. The number of carbonyl (C=O) groups excluding carboxylic acids is 1. The van der Waals surface area contributed by atoms with Crippen LogP contribution in [0.5, 0.6) is 5.75 Å². The molecule has 28 heavy (non-hydrogen) atoms. The van der Waals surface area contributed by atoms with Gasteiger partial charge >= 0.3 is 0 Å². The van der Waals surface area contributed by atoms with Gasteiger partial charge in [-0.25, -0.2) is 0 Å². The van der Waals surface area contributed by atoms with E-state index in [1.165, 1.54) is 23.1 Å². The highest BCUT2D eigenvalue weighted by atomic mass is 32.2. The van der Waals surface area contributed by atoms with Crippen molar-refractivity contribution in [1.29, 1.82) is 0 Å². The fraction of sp³-hybridized carbons (Fsp3) is 0.250. The first-order valence-electron chi connectivity index (χ1n) is 9.02. The fourth-order valence-electron chi connectivity index (χ4n) is 2.55. The Labute approximate surface area is 172 Å². The molecule has 0 aliphatic heterocycles. The van der Waals surface area contributed by atoms with Gasteiger partial charge in [-0.1, -0.05) is 60.4 Å². The molecule has 1 amide bonds. The van der Waals surface area contributed by atoms with Crippen molar-refractivity contribution in [1.82, 2.24) is 10.2 Å². The van der Waals surface area contributed by atoms with Crippen LogP contribution in [0, 0.1) is 0 Å². The zero-order valence-corrected chi connectivity index (χ0v) is 17.4. The summed E-state index contributed by atoms with van der Waals surface area (Å²) in [7, 11) is 0. The van der Waals surface area contributed by atoms with Gasteiger partial charge in [0.05, 0.1) is 18.0 Å². The van der Waals surface area contributed by atoms with Crippen LogP contribution in [0.3, 0.4) is 0 Å². The van der Waals surface area contributed by atoms with Gasteiger partial charge in [0, 0.05) is 5.69 Å². The molecular formula is C20H22N4O2S2. The first-order chi connectivity index (χ1) is 13.7. The Morgan fingerprint density at radius 3 is 2.61 bits per heavy atom. The Morgan fingerprint density at radius 1 is 1.07 bits per heavy atom. The molecule has 0 aliphatic carbocycles. The molecule has 2 aromatic carbocycles. The lowest BCUT2D eigenvalue weighted by Gasteiger charge is -2.09. The van der Waals surface area contributed by atoms with Crippen LogP contribution in [0.2, 0.25) is 0 Å². The van der Waals surface area contributed by atoms with E-state index in [1.807, 2.05) is 55.5 Å². The molecule has 1 aromatic heterocycles. The van der Waals surface area contributed by atoms with E-state index in [9.17, 15) is 4.79 Å². The van der Waals surface area contributed by atoms with Crippen LogP contribution in [0.15, 0.2) is 52.9 Å². The highest BCUT2D eigenvalue weighted by Gasteiger charge is 2.11. The molecule has 0 fully saturated rings. The van der Waals surface area contributed by atoms with Crippen LogP contribution in [-0.4, -0.2) is 28.5 Å². The van der Waals surface area contributed by atoms with Crippen molar-refractivity contribution in [3.63, 3.8) is 0 Å². The first-order valence-corrected chi connectivity index (χ1v) is 10.8. The average Bonchev–Trinajstić information content (AvgIpc) is 3.16. The van der Waals surface area contributed by atoms with Crippen LogP contribution in [0.4, 0.5) is 16.5 Å². The second kappa shape index (κ2) is 10.1. The lowest BCUT2D eigenvalue weighted by Crippen LogP contribution is -2.15. The van der Waals surface area contributed by atoms with Crippen LogP contribution < -0.4 is 15.4 Å². The molecule has 3 rings (SSSR count). The summed E-state index contributed by atoms with van der Waals surface area (Å²) in [6.45, 7) is 4.60. The van der Waals surface area contributed by atoms with Crippen LogP contribution >= 0.6 is 23.1 Å². The fourth-order valence-corrected chi connectivity index (χ4v) is 4.11. The largest absolute Gasteiger partial charge is 0.492 e. The third-order valence-corrected chi connectivity index (χ3v) is 5.81. The van der Waals surface area contributed by atoms with Crippen LogP contribution in [-0.2, 0) is 11.2 Å². The minimum atomic E-state index is -0.0581. The van der Waals surface area contributed by atoms with E-state index in [-0.39, 0.29) is 11.7 Å². The Kier molecular flexibility index (Phi) is 7.27. The summed E-state index contributed by atoms with van der Waals surface area (Å²) in [4.78, 5) is 12.3. The average molecular weight is 415 g/mol. The number of ether oxygens (including phenoxy) is 1. The third-order valence-electron chi connectivity index (χ3n) is 3.83. The molecule has 6 nitrogen and oxygen atoms in total. The molecule has 3 aromatic rings. The number of carbonyl (C=O) groups is 1. The molecular weight excluding hydrogens is 392 g/mol. The smallest absolute Gasteiger partial charge is 0.234 e. The van der Waals surface area contributed by atoms with Gasteiger partial charge in [0.2, 0.25) is 11.0 Å². The number of aromatic nitrogens is 2. The lowest BCUT2D eigenvalue weighted by molar-refractivity contribution is -0.113. The molecule has 0 atom stereocenters. The summed E-state index contributed by atoms with van der Waals surface area (Å²) < 4.78 is 6.34. The van der Waals surface area contributed by atoms with E-state index in [1.54, 1.807) is 0 Å². The molecule has 0 unspecified atom stereocenters. The number of amides is 1. The molecule has 8 heteroatoms. The number of benzene rings is 2. The van der Waals surface area contributed by atoms with E-state index in [0.29, 0.717) is 11.7 Å². The Morgan fingerprint density at radius 2 is 1.82 bits per heavy atom. The Bertz CT molecular complexity index is 930. The third kappa shape index (κ3) is 5.46. The number of nitrogens with zero attached hydrogens (tertiary/aromatic N) is 2. The standard InChI is InChI=1S/C20H22N4O2S2/c1-3-14-9-5-6-10-15(14)21-18(25)13-27-20-24-23-19(28-20)22-16-11-7-8-12-17(16)26-4-2/h5-12H,3-4,13H2,1-2H3,(H,21,25)(H,22,23). The number of anilines is 3. The maximum atomic E-state index is 12.3. The van der Waals surface area contributed by atoms with Gasteiger partial charge in [-0.15, -0.1) is 10.2 Å². The van der Waals surface area contributed by atoms with E-state index in [2.05, 4.69) is 27.8 Å². The van der Waals surface area contributed by atoms with Crippen molar-refractivity contribution in [3.8, 4) is 5.75 Å². The molecule has 0 bridgehead atoms. The van der Waals surface area contributed by atoms with Crippen LogP contribution in [0.25, 0.3) is 0 Å². The van der Waals surface area contributed by atoms with Gasteiger partial charge in [-0.05, 0) is 37.1 Å². The van der Waals surface area contributed by atoms with Gasteiger partial charge in [0.25, 0.3) is 0 Å². The summed E-state index contributed by atoms with van der Waals surface area (Å²) in [5.74, 6) is 0.989. The van der Waals surface area contributed by atoms with Gasteiger partial charge in [-0.2, -0.15) is 0 Å². The molecule has 0 aliphatic rings. The molecule has 0 spiro atoms. The second-order valence-corrected chi connectivity index (χ2v) is 7.97. The quantitative estimate of drug-likeness (QED) is 0.481. The number of thioether (sulfide) groups is 1. The molecule has 0 saturated heterocycles. The van der Waals surface area contributed by atoms with Gasteiger partial charge in [0.1, 0.15) is 5.75 Å². The summed E-state index contributed by atoms with van der Waals surface area (Å²) in [5.41, 5.74) is 2.82. The highest BCUT2D eigenvalue weighted by Crippen LogP contribution is 2.31. The number of aryl methyl sites for hydroxylation is 1. The van der Waals surface area contributed by atoms with Crippen LogP contribution in [0.1, 0.15) is 19.4 Å². The predicted molar refractivity (Wildman–Crippen MR) is 116 cm³/mol. The maximum Gasteiger partial charge on any atom is 0.234 e. The highest BCUT2D eigenvalue weighted by molar-refractivity contribution is 8.01. The van der Waals surface area contributed by atoms with E-state index >= 15 is 0 Å². The normalized spacial score (nSPS) is 10.5. The Balaban J connectivity index is 1.56. The molecule has 2 N–H and O–H groups in total. The maximum absolute atomic E-state index is 12.3. The van der Waals surface area contributed by atoms with Crippen molar-refractivity contribution in [2.45, 2.75) is 24.6 Å². The summed E-state index contributed by atoms with van der Waals surface area (Å²) in [6.07, 6.45) is 0.873. The number of para-hydroxylation sites is 3. The number of hydrogen-bond acceptors (Lipinski definition) is 7. The minimum absolute atomic E-state index is 0.0581. The molecule has 0 saturated carbocycles. The zero-order valence-electron chi connectivity index (χ0n) is 15.8. The van der Waals surface area contributed by atoms with E-state index in [0.717, 1.165) is 33.4 Å². The lowest BCUT2D eigenvalue weighted by atomic mass is 10.1. The summed E-state index contributed by atoms with van der Waals surface area (Å²) in [5, 5.41) is 15.1. The van der Waals surface area contributed by atoms with Crippen molar-refractivity contribution >= 4 is 45.5 Å². The first kappa shape index (κ1) is 20.2. The Hall–Kier alpha value is -2.58. The predicted octanol–water partition coefficient (Wildman–Crippen LogP) is 4.97. The van der Waals surface area contributed by atoms with Crippen molar-refractivity contribution in [3.05, 3.63) is 54.1 Å². The van der Waals surface area contributed by atoms with Crippen molar-refractivity contribution < 1.29 is 9.53 Å². The van der Waals surface area contributed by atoms with Gasteiger partial charge < -0.3 is 15.4 Å². The van der Waals surface area contributed by atoms with Gasteiger partial charge in [0.15, 0.2) is 4.34 Å². The second-order valence-electron chi connectivity index (χ2n) is 5.77. The van der Waals surface area contributed by atoms with Crippen molar-refractivity contribution in [2.24, 2.45) is 0 Å². The summed E-state index contributed by atoms with van der Waals surface area (Å²) >= 11 is 2.77. The van der Waals surface area contributed by atoms with Crippen molar-refractivity contribution in [2.75, 3.05) is 23.0 Å². The van der Waals surface area contributed by atoms with E-state index < -0.39 is 0 Å². The monoisotopic (exact) mass is 414 g/mol. The van der Waals surface area contributed by atoms with Gasteiger partial charge in [-0.3, -0.25) is 4.79 Å². The molecule has 1 heterocycles. The number of rotatable bonds is 9. The number of nitrogens with one attached hydrogen (secondary N) is 2. The van der Waals surface area contributed by atoms with E-state index in [4.69, 9.17) is 4.74 Å². The minimum Gasteiger partial charge on any atom is -0.492 e. The topological polar surface area (TPSA) is 76.1 Å². The number of hydrogen-bond donors (Lipinski definition) is 2. The summed E-state index contributed by atoms with van der Waals surface area (Å²) in [6, 6.07) is 15.5. The molecule has 146 valence electrons. The SMILES string of the molecule is CCOc1ccccc1Nc1nnc(SCC(=O)Nc2ccccc2CC)s1.